The fourth-order valence-corrected chi connectivity index (χ4v) is 7.58. The van der Waals surface area contributed by atoms with Gasteiger partial charge in [0.05, 0.1) is 23.4 Å². The number of fused-ring (bicyclic) bond motifs is 1. The van der Waals surface area contributed by atoms with E-state index in [2.05, 4.69) is 23.6 Å². The zero-order valence-corrected chi connectivity index (χ0v) is 26.3. The number of benzene rings is 3. The van der Waals surface area contributed by atoms with Crippen LogP contribution < -0.4 is 10.6 Å². The molecule has 4 atom stereocenters. The van der Waals surface area contributed by atoms with Crippen LogP contribution in [0.4, 0.5) is 28.9 Å². The van der Waals surface area contributed by atoms with Crippen LogP contribution in [-0.2, 0) is 11.2 Å². The molecule has 3 aromatic rings. The Balaban J connectivity index is 1.32. The summed E-state index contributed by atoms with van der Waals surface area (Å²) in [5.74, 6) is -3.40. The molecule has 2 aliphatic carbocycles. The molecule has 0 bridgehead atoms. The molecule has 0 spiro atoms. The minimum Gasteiger partial charge on any atom is -0.382 e. The summed E-state index contributed by atoms with van der Waals surface area (Å²) in [4.78, 5) is 29.7. The number of piperidine rings is 1. The van der Waals surface area contributed by atoms with E-state index in [1.807, 2.05) is 19.1 Å². The Hall–Kier alpha value is -4.14. The first-order chi connectivity index (χ1) is 21.9. The van der Waals surface area contributed by atoms with Crippen molar-refractivity contribution in [1.82, 2.24) is 4.90 Å². The molecule has 1 saturated heterocycles. The fourth-order valence-electron chi connectivity index (χ4n) is 7.58. The summed E-state index contributed by atoms with van der Waals surface area (Å²) in [5.41, 5.74) is 6.97. The number of aryl methyl sites for hydroxylation is 2. The van der Waals surface area contributed by atoms with Crippen LogP contribution in [0, 0.1) is 31.5 Å². The lowest BCUT2D eigenvalue weighted by Crippen LogP contribution is -2.46. The van der Waals surface area contributed by atoms with E-state index in [1.54, 1.807) is 48.2 Å². The molecule has 1 aliphatic heterocycles. The standard InChI is InChI=1S/C37H39F4N3O2/c1-21-12-17-27-23(3)19-26(20-29(21)27)43-35(45)28-8-6-18-44(36(46)33-22(2)7-4-10-31(33)38)34(28)24-13-15-25(16-14-24)42-32-11-5-9-30(32)37(39,40)41/h4,7,10,12-16,19-20,28,30,32,34,42H,5-6,8-9,11,17-18H2,1-3H3,(H,43,45)/t28?,30-,32?,34-/m0/s1. The van der Waals surface area contributed by atoms with Gasteiger partial charge in [-0.2, -0.15) is 13.2 Å². The molecular formula is C37H39F4N3O2. The van der Waals surface area contributed by atoms with E-state index < -0.39 is 41.8 Å². The van der Waals surface area contributed by atoms with Crippen molar-refractivity contribution in [2.75, 3.05) is 17.2 Å². The minimum absolute atomic E-state index is 0.0252. The van der Waals surface area contributed by atoms with Crippen molar-refractivity contribution in [2.45, 2.75) is 77.6 Å². The molecule has 1 saturated carbocycles. The monoisotopic (exact) mass is 633 g/mol. The van der Waals surface area contributed by atoms with Gasteiger partial charge >= 0.3 is 6.18 Å². The Morgan fingerprint density at radius 2 is 1.65 bits per heavy atom. The molecule has 2 unspecified atom stereocenters. The third-order valence-electron chi connectivity index (χ3n) is 9.98. The van der Waals surface area contributed by atoms with E-state index in [9.17, 15) is 22.8 Å². The summed E-state index contributed by atoms with van der Waals surface area (Å²) >= 11 is 0. The SMILES string of the molecule is CC1=CCc2c(C)cc(NC(=O)C3CCCN(C(=O)c4c(C)cccc4F)[C@H]3c3ccc(NC4CCC[C@@H]4C(F)(F)F)cc3)cc21. The number of nitrogens with zero attached hydrogens (tertiary/aromatic N) is 1. The van der Waals surface area contributed by atoms with Gasteiger partial charge in [-0.05, 0) is 117 Å². The quantitative estimate of drug-likeness (QED) is 0.267. The van der Waals surface area contributed by atoms with Gasteiger partial charge in [0.25, 0.3) is 5.91 Å². The van der Waals surface area contributed by atoms with Crippen LogP contribution in [0.25, 0.3) is 5.57 Å². The van der Waals surface area contributed by atoms with Crippen LogP contribution in [0.3, 0.4) is 0 Å². The molecule has 2 N–H and O–H groups in total. The molecular weight excluding hydrogens is 594 g/mol. The molecule has 6 rings (SSSR count). The Kier molecular flexibility index (Phi) is 8.70. The smallest absolute Gasteiger partial charge is 0.382 e. The van der Waals surface area contributed by atoms with E-state index >= 15 is 4.39 Å². The highest BCUT2D eigenvalue weighted by Crippen LogP contribution is 2.42. The normalized spacial score (nSPS) is 22.8. The van der Waals surface area contributed by atoms with Gasteiger partial charge < -0.3 is 15.5 Å². The average Bonchev–Trinajstić information content (AvgIpc) is 3.64. The number of halogens is 4. The fraction of sp³-hybridized carbons (Fsp3) is 0.405. The molecule has 5 nitrogen and oxygen atoms in total. The maximum absolute atomic E-state index is 15.0. The first-order valence-corrected chi connectivity index (χ1v) is 16.0. The van der Waals surface area contributed by atoms with Gasteiger partial charge in [0.15, 0.2) is 0 Å². The van der Waals surface area contributed by atoms with Crippen molar-refractivity contribution in [1.29, 1.82) is 0 Å². The zero-order chi connectivity index (χ0) is 32.7. The lowest BCUT2D eigenvalue weighted by atomic mass is 9.83. The van der Waals surface area contributed by atoms with Gasteiger partial charge in [0.1, 0.15) is 5.82 Å². The van der Waals surface area contributed by atoms with E-state index in [-0.39, 0.29) is 17.9 Å². The number of amides is 2. The van der Waals surface area contributed by atoms with Crippen molar-refractivity contribution < 1.29 is 27.2 Å². The van der Waals surface area contributed by atoms with Gasteiger partial charge in [-0.3, -0.25) is 9.59 Å². The maximum Gasteiger partial charge on any atom is 0.393 e. The number of nitrogens with one attached hydrogen (secondary N) is 2. The number of alkyl halides is 3. The van der Waals surface area contributed by atoms with E-state index in [0.29, 0.717) is 54.7 Å². The molecule has 46 heavy (non-hydrogen) atoms. The number of likely N-dealkylation sites (tertiary alicyclic amines) is 1. The summed E-state index contributed by atoms with van der Waals surface area (Å²) in [6.45, 7) is 6.10. The highest BCUT2D eigenvalue weighted by atomic mass is 19.4. The Labute approximate surface area is 267 Å². The van der Waals surface area contributed by atoms with Gasteiger partial charge in [-0.25, -0.2) is 4.39 Å². The van der Waals surface area contributed by atoms with Gasteiger partial charge in [-0.15, -0.1) is 0 Å². The predicted molar refractivity (Wildman–Crippen MR) is 172 cm³/mol. The van der Waals surface area contributed by atoms with Gasteiger partial charge in [-0.1, -0.05) is 36.8 Å². The molecule has 1 heterocycles. The molecule has 242 valence electrons. The van der Waals surface area contributed by atoms with Crippen molar-refractivity contribution in [3.8, 4) is 0 Å². The number of rotatable bonds is 6. The first-order valence-electron chi connectivity index (χ1n) is 16.0. The largest absolute Gasteiger partial charge is 0.393 e. The van der Waals surface area contributed by atoms with Crippen molar-refractivity contribution in [3.63, 3.8) is 0 Å². The van der Waals surface area contributed by atoms with Crippen LogP contribution >= 0.6 is 0 Å². The second kappa shape index (κ2) is 12.6. The molecule has 2 fully saturated rings. The Morgan fingerprint density at radius 1 is 0.891 bits per heavy atom. The molecule has 3 aliphatic rings. The maximum atomic E-state index is 15.0. The number of hydrogen-bond donors (Lipinski definition) is 2. The van der Waals surface area contributed by atoms with Crippen molar-refractivity contribution >= 4 is 28.8 Å². The van der Waals surface area contributed by atoms with Crippen LogP contribution in [0.2, 0.25) is 0 Å². The number of allylic oxidation sites excluding steroid dienone is 2. The van der Waals surface area contributed by atoms with Gasteiger partial charge in [0, 0.05) is 24.0 Å². The molecule has 9 heteroatoms. The zero-order valence-electron chi connectivity index (χ0n) is 26.3. The van der Waals surface area contributed by atoms with E-state index in [1.165, 1.54) is 11.6 Å². The predicted octanol–water partition coefficient (Wildman–Crippen LogP) is 8.78. The third kappa shape index (κ3) is 6.16. The number of carbonyl (C=O) groups excluding carboxylic acids is 2. The summed E-state index contributed by atoms with van der Waals surface area (Å²) in [6, 6.07) is 14.0. The van der Waals surface area contributed by atoms with Crippen molar-refractivity contribution in [3.05, 3.63) is 99.9 Å². The Bertz CT molecular complexity index is 1660. The molecule has 3 aromatic carbocycles. The lowest BCUT2D eigenvalue weighted by molar-refractivity contribution is -0.174. The topological polar surface area (TPSA) is 61.4 Å². The first kappa shape index (κ1) is 31.8. The molecule has 0 aromatic heterocycles. The number of hydrogen-bond acceptors (Lipinski definition) is 3. The highest BCUT2D eigenvalue weighted by molar-refractivity contribution is 5.98. The minimum atomic E-state index is -4.27. The van der Waals surface area contributed by atoms with Crippen LogP contribution in [0.5, 0.6) is 0 Å². The van der Waals surface area contributed by atoms with Crippen LogP contribution in [0.15, 0.2) is 60.7 Å². The summed E-state index contributed by atoms with van der Waals surface area (Å²) < 4.78 is 55.8. The highest BCUT2D eigenvalue weighted by Gasteiger charge is 2.47. The molecule has 2 amide bonds. The lowest BCUT2D eigenvalue weighted by Gasteiger charge is -2.41. The summed E-state index contributed by atoms with van der Waals surface area (Å²) in [7, 11) is 0. The second-order valence-electron chi connectivity index (χ2n) is 13.0. The Morgan fingerprint density at radius 3 is 2.37 bits per heavy atom. The van der Waals surface area contributed by atoms with Crippen LogP contribution in [-0.4, -0.2) is 35.5 Å². The van der Waals surface area contributed by atoms with Gasteiger partial charge in [0.2, 0.25) is 5.91 Å². The van der Waals surface area contributed by atoms with Crippen molar-refractivity contribution in [2.24, 2.45) is 11.8 Å². The summed E-state index contributed by atoms with van der Waals surface area (Å²) in [5, 5.41) is 6.17. The average molecular weight is 634 g/mol. The third-order valence-corrected chi connectivity index (χ3v) is 9.98. The molecule has 0 radical (unpaired) electrons. The van der Waals surface area contributed by atoms with Crippen LogP contribution in [0.1, 0.15) is 83.2 Å². The van der Waals surface area contributed by atoms with E-state index in [0.717, 1.165) is 23.1 Å². The second-order valence-corrected chi connectivity index (χ2v) is 13.0. The van der Waals surface area contributed by atoms with E-state index in [4.69, 9.17) is 0 Å². The number of carbonyl (C=O) groups is 2. The number of anilines is 2. The summed E-state index contributed by atoms with van der Waals surface area (Å²) in [6.07, 6.45) is 0.861.